The molecule has 0 aliphatic carbocycles. The van der Waals surface area contributed by atoms with Gasteiger partial charge in [-0.05, 0) is 38.2 Å². The summed E-state index contributed by atoms with van der Waals surface area (Å²) in [7, 11) is 1.84. The van der Waals surface area contributed by atoms with Crippen molar-refractivity contribution in [1.82, 2.24) is 5.32 Å². The van der Waals surface area contributed by atoms with E-state index in [-0.39, 0.29) is 5.91 Å². The number of halogens is 1. The van der Waals surface area contributed by atoms with Crippen molar-refractivity contribution in [3.63, 3.8) is 0 Å². The molecule has 1 amide bonds. The topological polar surface area (TPSA) is 64.9 Å². The lowest BCUT2D eigenvalue weighted by Gasteiger charge is -2.07. The Labute approximate surface area is 106 Å². The van der Waals surface area contributed by atoms with Crippen molar-refractivity contribution in [1.29, 1.82) is 5.26 Å². The summed E-state index contributed by atoms with van der Waals surface area (Å²) in [4.78, 5) is 11.6. The third-order valence-corrected chi connectivity index (χ3v) is 2.53. The second-order valence-corrected chi connectivity index (χ2v) is 3.97. The molecule has 4 nitrogen and oxygen atoms in total. The van der Waals surface area contributed by atoms with Gasteiger partial charge in [0.15, 0.2) is 0 Å². The van der Waals surface area contributed by atoms with Gasteiger partial charge in [0.2, 0.25) is 5.91 Å². The minimum Gasteiger partial charge on any atom is -0.325 e. The Morgan fingerprint density at radius 3 is 2.94 bits per heavy atom. The van der Waals surface area contributed by atoms with E-state index in [0.29, 0.717) is 22.7 Å². The van der Waals surface area contributed by atoms with Crippen LogP contribution in [0.25, 0.3) is 0 Å². The molecule has 5 heteroatoms. The van der Waals surface area contributed by atoms with Crippen LogP contribution < -0.4 is 10.6 Å². The van der Waals surface area contributed by atoms with Crippen LogP contribution in [0.4, 0.5) is 5.69 Å². The van der Waals surface area contributed by atoms with Crippen LogP contribution in [-0.4, -0.2) is 19.5 Å². The number of nitrogens with zero attached hydrogens (tertiary/aromatic N) is 1. The fourth-order valence-electron chi connectivity index (χ4n) is 1.33. The molecule has 1 aromatic rings. The predicted molar refractivity (Wildman–Crippen MR) is 68.0 cm³/mol. The molecule has 2 N–H and O–H groups in total. The zero-order valence-electron chi connectivity index (χ0n) is 9.59. The number of nitrogens with one attached hydrogen (secondary N) is 2. The van der Waals surface area contributed by atoms with Gasteiger partial charge in [0.1, 0.15) is 0 Å². The molecule has 1 aromatic carbocycles. The Bertz CT molecular complexity index is 440. The van der Waals surface area contributed by atoms with E-state index in [0.717, 1.165) is 13.0 Å². The summed E-state index contributed by atoms with van der Waals surface area (Å²) >= 11 is 5.92. The summed E-state index contributed by atoms with van der Waals surface area (Å²) in [6.07, 6.45) is 1.19. The fourth-order valence-corrected chi connectivity index (χ4v) is 1.49. The second-order valence-electron chi connectivity index (χ2n) is 3.56. The van der Waals surface area contributed by atoms with Crippen LogP contribution in [0.2, 0.25) is 5.02 Å². The molecule has 0 fully saturated rings. The maximum absolute atomic E-state index is 11.6. The summed E-state index contributed by atoms with van der Waals surface area (Å²) in [6.45, 7) is 0.791. The first-order valence-electron chi connectivity index (χ1n) is 5.31. The standard InChI is InChI=1S/C12H14ClN3O/c1-15-6-2-3-12(17)16-11-7-9(8-14)4-5-10(11)13/h4-5,7,15H,2-3,6H2,1H3,(H,16,17). The summed E-state index contributed by atoms with van der Waals surface area (Å²) in [5.41, 5.74) is 0.958. The molecule has 0 unspecified atom stereocenters. The third kappa shape index (κ3) is 4.43. The molecule has 1 rings (SSSR count). The molecule has 17 heavy (non-hydrogen) atoms. The Kier molecular flexibility index (Phi) is 5.47. The van der Waals surface area contributed by atoms with Crippen LogP contribution in [-0.2, 0) is 4.79 Å². The van der Waals surface area contributed by atoms with Gasteiger partial charge < -0.3 is 10.6 Å². The average Bonchev–Trinajstić information content (AvgIpc) is 2.32. The van der Waals surface area contributed by atoms with Crippen LogP contribution in [0.15, 0.2) is 18.2 Å². The highest BCUT2D eigenvalue weighted by Gasteiger charge is 2.06. The molecule has 0 bridgehead atoms. The molecule has 0 radical (unpaired) electrons. The minimum absolute atomic E-state index is 0.0998. The zero-order valence-corrected chi connectivity index (χ0v) is 10.3. The molecule has 0 aliphatic rings. The first-order chi connectivity index (χ1) is 8.17. The van der Waals surface area contributed by atoms with Crippen LogP contribution in [0.5, 0.6) is 0 Å². The molecule has 0 atom stereocenters. The Morgan fingerprint density at radius 1 is 1.53 bits per heavy atom. The molecule has 90 valence electrons. The van der Waals surface area contributed by atoms with Crippen molar-refractivity contribution in [2.45, 2.75) is 12.8 Å². The van der Waals surface area contributed by atoms with Gasteiger partial charge in [-0.2, -0.15) is 5.26 Å². The van der Waals surface area contributed by atoms with E-state index in [4.69, 9.17) is 16.9 Å². The van der Waals surface area contributed by atoms with Crippen molar-refractivity contribution in [3.05, 3.63) is 28.8 Å². The fraction of sp³-hybridized carbons (Fsp3) is 0.333. The highest BCUT2D eigenvalue weighted by Crippen LogP contribution is 2.22. The maximum Gasteiger partial charge on any atom is 0.224 e. The van der Waals surface area contributed by atoms with Crippen LogP contribution in [0.1, 0.15) is 18.4 Å². The number of hydrogen-bond donors (Lipinski definition) is 2. The smallest absolute Gasteiger partial charge is 0.224 e. The summed E-state index contributed by atoms with van der Waals surface area (Å²) in [5.74, 6) is -0.0998. The van der Waals surface area contributed by atoms with Gasteiger partial charge in [-0.3, -0.25) is 4.79 Å². The zero-order chi connectivity index (χ0) is 12.7. The number of nitriles is 1. The third-order valence-electron chi connectivity index (χ3n) is 2.20. The minimum atomic E-state index is -0.0998. The van der Waals surface area contributed by atoms with Gasteiger partial charge in [0.05, 0.1) is 22.3 Å². The lowest BCUT2D eigenvalue weighted by atomic mass is 10.2. The molecular weight excluding hydrogens is 238 g/mol. The van der Waals surface area contributed by atoms with Crippen LogP contribution in [0, 0.1) is 11.3 Å². The Balaban J connectivity index is 2.61. The van der Waals surface area contributed by atoms with E-state index in [9.17, 15) is 4.79 Å². The first-order valence-corrected chi connectivity index (χ1v) is 5.69. The van der Waals surface area contributed by atoms with E-state index >= 15 is 0 Å². The number of carbonyl (C=O) groups is 1. The number of amides is 1. The number of benzene rings is 1. The molecule has 0 aliphatic heterocycles. The average molecular weight is 252 g/mol. The summed E-state index contributed by atoms with van der Waals surface area (Å²) < 4.78 is 0. The normalized spacial score (nSPS) is 9.71. The number of carbonyl (C=O) groups excluding carboxylic acids is 1. The van der Waals surface area contributed by atoms with Crippen molar-refractivity contribution >= 4 is 23.2 Å². The number of hydrogen-bond acceptors (Lipinski definition) is 3. The van der Waals surface area contributed by atoms with Gasteiger partial charge >= 0.3 is 0 Å². The van der Waals surface area contributed by atoms with Crippen molar-refractivity contribution in [2.24, 2.45) is 0 Å². The largest absolute Gasteiger partial charge is 0.325 e. The highest BCUT2D eigenvalue weighted by molar-refractivity contribution is 6.33. The van der Waals surface area contributed by atoms with E-state index < -0.39 is 0 Å². The monoisotopic (exact) mass is 251 g/mol. The maximum atomic E-state index is 11.6. The molecule has 0 saturated carbocycles. The lowest BCUT2D eigenvalue weighted by Crippen LogP contribution is -2.15. The summed E-state index contributed by atoms with van der Waals surface area (Å²) in [5, 5.41) is 14.8. The van der Waals surface area contributed by atoms with E-state index in [1.54, 1.807) is 18.2 Å². The van der Waals surface area contributed by atoms with Gasteiger partial charge in [-0.25, -0.2) is 0 Å². The van der Waals surface area contributed by atoms with Gasteiger partial charge in [0, 0.05) is 6.42 Å². The van der Waals surface area contributed by atoms with E-state index in [2.05, 4.69) is 10.6 Å². The quantitative estimate of drug-likeness (QED) is 0.788. The molecule has 0 heterocycles. The van der Waals surface area contributed by atoms with Crippen molar-refractivity contribution in [3.8, 4) is 6.07 Å². The van der Waals surface area contributed by atoms with E-state index in [1.165, 1.54) is 0 Å². The SMILES string of the molecule is CNCCCC(=O)Nc1cc(C#N)ccc1Cl. The van der Waals surface area contributed by atoms with Gasteiger partial charge in [-0.15, -0.1) is 0 Å². The molecule has 0 aromatic heterocycles. The molecule has 0 saturated heterocycles. The molecule has 0 spiro atoms. The van der Waals surface area contributed by atoms with Crippen LogP contribution >= 0.6 is 11.6 Å². The number of anilines is 1. The first kappa shape index (κ1) is 13.5. The van der Waals surface area contributed by atoms with Crippen molar-refractivity contribution in [2.75, 3.05) is 18.9 Å². The van der Waals surface area contributed by atoms with Crippen LogP contribution in [0.3, 0.4) is 0 Å². The molecular formula is C12H14ClN3O. The summed E-state index contributed by atoms with van der Waals surface area (Å²) in [6, 6.07) is 6.78. The Hall–Kier alpha value is -1.57. The van der Waals surface area contributed by atoms with Gasteiger partial charge in [0.25, 0.3) is 0 Å². The van der Waals surface area contributed by atoms with Gasteiger partial charge in [-0.1, -0.05) is 11.6 Å². The van der Waals surface area contributed by atoms with E-state index in [1.807, 2.05) is 13.1 Å². The predicted octanol–water partition coefficient (Wildman–Crippen LogP) is 2.15. The number of rotatable bonds is 5. The Morgan fingerprint density at radius 2 is 2.29 bits per heavy atom. The highest BCUT2D eigenvalue weighted by atomic mass is 35.5. The second kappa shape index (κ2) is 6.89. The lowest BCUT2D eigenvalue weighted by molar-refractivity contribution is -0.116. The van der Waals surface area contributed by atoms with Crippen molar-refractivity contribution < 1.29 is 4.79 Å².